The molecule has 0 saturated carbocycles. The van der Waals surface area contributed by atoms with Gasteiger partial charge in [-0.3, -0.25) is 4.79 Å². The number of carbonyl (C=O) groups is 1. The van der Waals surface area contributed by atoms with Gasteiger partial charge in [-0.05, 0) is 30.7 Å². The molecule has 78 valence electrons. The van der Waals surface area contributed by atoms with E-state index in [9.17, 15) is 4.79 Å². The first-order valence-electron chi connectivity index (χ1n) is 5.31. The molecule has 2 nitrogen and oxygen atoms in total. The van der Waals surface area contributed by atoms with Crippen molar-refractivity contribution in [3.05, 3.63) is 47.5 Å². The largest absolute Gasteiger partial charge is 0.366 e. The van der Waals surface area contributed by atoms with Crippen LogP contribution in [-0.2, 0) is 4.79 Å². The number of hydrogen-bond acceptors (Lipinski definition) is 1. The van der Waals surface area contributed by atoms with Gasteiger partial charge in [0, 0.05) is 5.57 Å². The number of carbonyl (C=O) groups excluding carboxylic acids is 1. The first-order chi connectivity index (χ1) is 7.27. The highest BCUT2D eigenvalue weighted by Gasteiger charge is 2.17. The predicted octanol–water partition coefficient (Wildman–Crippen LogP) is 2.37. The quantitative estimate of drug-likeness (QED) is 0.784. The Bertz CT molecular complexity index is 381. The summed E-state index contributed by atoms with van der Waals surface area (Å²) in [6, 6.07) is 10.4. The topological polar surface area (TPSA) is 43.1 Å². The number of amides is 1. The molecule has 2 N–H and O–H groups in total. The van der Waals surface area contributed by atoms with Crippen molar-refractivity contribution in [3.8, 4) is 0 Å². The molecule has 0 saturated heterocycles. The highest BCUT2D eigenvalue weighted by Crippen LogP contribution is 2.31. The van der Waals surface area contributed by atoms with Crippen LogP contribution in [-0.4, -0.2) is 5.91 Å². The Morgan fingerprint density at radius 2 is 2.00 bits per heavy atom. The summed E-state index contributed by atoms with van der Waals surface area (Å²) >= 11 is 0. The van der Waals surface area contributed by atoms with Crippen molar-refractivity contribution >= 4 is 5.91 Å². The molecular weight excluding hydrogens is 186 g/mol. The zero-order valence-corrected chi connectivity index (χ0v) is 8.65. The summed E-state index contributed by atoms with van der Waals surface area (Å²) in [6.45, 7) is 0. The fourth-order valence-corrected chi connectivity index (χ4v) is 2.09. The lowest BCUT2D eigenvalue weighted by molar-refractivity contribution is -0.114. The molecule has 0 fully saturated rings. The highest BCUT2D eigenvalue weighted by molar-refractivity contribution is 5.92. The van der Waals surface area contributed by atoms with Crippen molar-refractivity contribution in [2.45, 2.75) is 25.2 Å². The normalized spacial score (nSPS) is 20.8. The Morgan fingerprint density at radius 3 is 2.53 bits per heavy atom. The zero-order valence-electron chi connectivity index (χ0n) is 8.65. The van der Waals surface area contributed by atoms with Crippen LogP contribution in [0.3, 0.4) is 0 Å². The maximum Gasteiger partial charge on any atom is 0.244 e. The van der Waals surface area contributed by atoms with Crippen LogP contribution >= 0.6 is 0 Å². The molecule has 0 spiro atoms. The highest BCUT2D eigenvalue weighted by atomic mass is 16.1. The van der Waals surface area contributed by atoms with Crippen LogP contribution in [0.5, 0.6) is 0 Å². The summed E-state index contributed by atoms with van der Waals surface area (Å²) in [5, 5.41) is 0. The van der Waals surface area contributed by atoms with Crippen LogP contribution in [0.15, 0.2) is 42.0 Å². The maximum atomic E-state index is 11.0. The van der Waals surface area contributed by atoms with Gasteiger partial charge in [0.05, 0.1) is 0 Å². The zero-order chi connectivity index (χ0) is 10.7. The Balaban J connectivity index is 2.09. The van der Waals surface area contributed by atoms with Crippen molar-refractivity contribution in [2.24, 2.45) is 5.73 Å². The molecular formula is C13H15NO. The van der Waals surface area contributed by atoms with Gasteiger partial charge in [-0.2, -0.15) is 0 Å². The summed E-state index contributed by atoms with van der Waals surface area (Å²) in [5.41, 5.74) is 7.40. The number of rotatable bonds is 2. The van der Waals surface area contributed by atoms with Crippen LogP contribution < -0.4 is 5.73 Å². The Labute approximate surface area is 89.8 Å². The van der Waals surface area contributed by atoms with Crippen molar-refractivity contribution in [1.82, 2.24) is 0 Å². The second kappa shape index (κ2) is 4.30. The lowest BCUT2D eigenvalue weighted by Crippen LogP contribution is -2.17. The number of nitrogens with two attached hydrogens (primary N) is 1. The molecule has 0 aliphatic heterocycles. The lowest BCUT2D eigenvalue weighted by atomic mass is 9.84. The molecule has 0 aromatic heterocycles. The van der Waals surface area contributed by atoms with Gasteiger partial charge in [0.1, 0.15) is 0 Å². The molecule has 1 aliphatic carbocycles. The standard InChI is InChI=1S/C13H15NO/c14-13(15)12-8-6-11(7-9-12)10-4-2-1-3-5-10/h1-5,8,11H,6-7,9H2,(H2,14,15). The van der Waals surface area contributed by atoms with E-state index in [4.69, 9.17) is 5.73 Å². The van der Waals surface area contributed by atoms with E-state index >= 15 is 0 Å². The van der Waals surface area contributed by atoms with Gasteiger partial charge in [0.25, 0.3) is 0 Å². The number of primary amides is 1. The first-order valence-corrected chi connectivity index (χ1v) is 5.31. The Morgan fingerprint density at radius 1 is 1.27 bits per heavy atom. The molecule has 2 heteroatoms. The van der Waals surface area contributed by atoms with Gasteiger partial charge in [-0.25, -0.2) is 0 Å². The van der Waals surface area contributed by atoms with Crippen LogP contribution in [0, 0.1) is 0 Å². The third-order valence-corrected chi connectivity index (χ3v) is 3.00. The van der Waals surface area contributed by atoms with Gasteiger partial charge in [0.2, 0.25) is 5.91 Å². The van der Waals surface area contributed by atoms with E-state index in [1.54, 1.807) is 0 Å². The SMILES string of the molecule is NC(=O)C1=CCC(c2ccccc2)CC1. The Kier molecular flexibility index (Phi) is 2.86. The second-order valence-electron chi connectivity index (χ2n) is 3.98. The van der Waals surface area contributed by atoms with Crippen LogP contribution in [0.1, 0.15) is 30.7 Å². The molecule has 0 heterocycles. The number of benzene rings is 1. The molecule has 0 radical (unpaired) electrons. The minimum atomic E-state index is -0.262. The molecule has 2 rings (SSSR count). The fourth-order valence-electron chi connectivity index (χ4n) is 2.09. The fraction of sp³-hybridized carbons (Fsp3) is 0.308. The van der Waals surface area contributed by atoms with Gasteiger partial charge in [-0.15, -0.1) is 0 Å². The maximum absolute atomic E-state index is 11.0. The van der Waals surface area contributed by atoms with Crippen molar-refractivity contribution in [2.75, 3.05) is 0 Å². The lowest BCUT2D eigenvalue weighted by Gasteiger charge is -2.20. The summed E-state index contributed by atoms with van der Waals surface area (Å²) < 4.78 is 0. The summed E-state index contributed by atoms with van der Waals surface area (Å²) in [7, 11) is 0. The molecule has 1 amide bonds. The van der Waals surface area contributed by atoms with E-state index in [2.05, 4.69) is 24.3 Å². The molecule has 1 atom stereocenters. The van der Waals surface area contributed by atoms with Crippen molar-refractivity contribution in [1.29, 1.82) is 0 Å². The smallest absolute Gasteiger partial charge is 0.244 e. The summed E-state index contributed by atoms with van der Waals surface area (Å²) in [6.07, 6.45) is 4.76. The average molecular weight is 201 g/mol. The average Bonchev–Trinajstić information content (AvgIpc) is 2.30. The monoisotopic (exact) mass is 201 g/mol. The van der Waals surface area contributed by atoms with E-state index in [0.717, 1.165) is 24.8 Å². The number of hydrogen-bond donors (Lipinski definition) is 1. The van der Waals surface area contributed by atoms with Crippen molar-refractivity contribution in [3.63, 3.8) is 0 Å². The van der Waals surface area contributed by atoms with Gasteiger partial charge < -0.3 is 5.73 Å². The molecule has 1 unspecified atom stereocenters. The van der Waals surface area contributed by atoms with Gasteiger partial charge >= 0.3 is 0 Å². The third kappa shape index (κ3) is 2.27. The van der Waals surface area contributed by atoms with E-state index in [1.165, 1.54) is 5.56 Å². The summed E-state index contributed by atoms with van der Waals surface area (Å²) in [4.78, 5) is 11.0. The number of allylic oxidation sites excluding steroid dienone is 1. The van der Waals surface area contributed by atoms with Crippen molar-refractivity contribution < 1.29 is 4.79 Å². The molecule has 0 bridgehead atoms. The molecule has 1 aromatic carbocycles. The van der Waals surface area contributed by atoms with Crippen LogP contribution in [0.2, 0.25) is 0 Å². The van der Waals surface area contributed by atoms with E-state index < -0.39 is 0 Å². The summed E-state index contributed by atoms with van der Waals surface area (Å²) in [5.74, 6) is 0.288. The minimum absolute atomic E-state index is 0.262. The molecule has 1 aromatic rings. The second-order valence-corrected chi connectivity index (χ2v) is 3.98. The van der Waals surface area contributed by atoms with E-state index in [0.29, 0.717) is 5.92 Å². The van der Waals surface area contributed by atoms with Crippen LogP contribution in [0.25, 0.3) is 0 Å². The Hall–Kier alpha value is -1.57. The van der Waals surface area contributed by atoms with E-state index in [1.807, 2.05) is 12.1 Å². The van der Waals surface area contributed by atoms with Gasteiger partial charge in [-0.1, -0.05) is 36.4 Å². The minimum Gasteiger partial charge on any atom is -0.366 e. The molecule has 15 heavy (non-hydrogen) atoms. The van der Waals surface area contributed by atoms with E-state index in [-0.39, 0.29) is 5.91 Å². The predicted molar refractivity (Wildman–Crippen MR) is 60.3 cm³/mol. The third-order valence-electron chi connectivity index (χ3n) is 3.00. The first kappa shape index (κ1) is 9.97. The van der Waals surface area contributed by atoms with Crippen LogP contribution in [0.4, 0.5) is 0 Å². The molecule has 1 aliphatic rings. The van der Waals surface area contributed by atoms with Gasteiger partial charge in [0.15, 0.2) is 0 Å².